The molecule has 1 heteroatoms. The molecule has 0 amide bonds. The summed E-state index contributed by atoms with van der Waals surface area (Å²) >= 11 is 0. The van der Waals surface area contributed by atoms with E-state index in [9.17, 15) is 4.39 Å². The van der Waals surface area contributed by atoms with E-state index in [4.69, 9.17) is 0 Å². The lowest BCUT2D eigenvalue weighted by Gasteiger charge is -1.95. The molecular weight excluding hydrogens is 103 g/mol. The second-order valence-corrected chi connectivity index (χ2v) is 2.57. The summed E-state index contributed by atoms with van der Waals surface area (Å²) in [6.07, 6.45) is 1.98. The normalized spacial score (nSPS) is 29.6. The maximum absolute atomic E-state index is 12.6. The number of rotatable bonds is 0. The van der Waals surface area contributed by atoms with Crippen molar-refractivity contribution in [3.8, 4) is 0 Å². The highest BCUT2D eigenvalue weighted by Gasteiger charge is 2.17. The van der Waals surface area contributed by atoms with Gasteiger partial charge in [0.05, 0.1) is 0 Å². The second kappa shape index (κ2) is 1.88. The highest BCUT2D eigenvalue weighted by Crippen LogP contribution is 2.31. The fraction of sp³-hybridized carbons (Fsp3) is 0.714. The zero-order valence-electron chi connectivity index (χ0n) is 5.37. The number of allylic oxidation sites excluding steroid dienone is 2. The van der Waals surface area contributed by atoms with Gasteiger partial charge in [0.1, 0.15) is 5.83 Å². The third-order valence-electron chi connectivity index (χ3n) is 1.79. The Bertz CT molecular complexity index is 124. The van der Waals surface area contributed by atoms with Gasteiger partial charge >= 0.3 is 0 Å². The lowest BCUT2D eigenvalue weighted by Crippen LogP contribution is -1.84. The number of hydrogen-bond acceptors (Lipinski definition) is 0. The Kier molecular flexibility index (Phi) is 1.37. The van der Waals surface area contributed by atoms with Crippen molar-refractivity contribution in [2.75, 3.05) is 0 Å². The predicted molar refractivity (Wildman–Crippen MR) is 32.2 cm³/mol. The SMILES string of the molecule is CC1=C(F)C(C)CC1. The molecule has 0 fully saturated rings. The summed E-state index contributed by atoms with van der Waals surface area (Å²) in [4.78, 5) is 0. The average molecular weight is 114 g/mol. The summed E-state index contributed by atoms with van der Waals surface area (Å²) in [6.45, 7) is 3.81. The minimum atomic E-state index is 0.130. The molecule has 0 aliphatic heterocycles. The zero-order chi connectivity index (χ0) is 6.15. The number of hydrogen-bond donors (Lipinski definition) is 0. The second-order valence-electron chi connectivity index (χ2n) is 2.57. The predicted octanol–water partition coefficient (Wildman–Crippen LogP) is 2.66. The first-order chi connectivity index (χ1) is 3.72. The molecule has 0 nitrogen and oxygen atoms in total. The van der Waals surface area contributed by atoms with Crippen LogP contribution in [0.4, 0.5) is 4.39 Å². The third-order valence-corrected chi connectivity index (χ3v) is 1.79. The van der Waals surface area contributed by atoms with Crippen molar-refractivity contribution in [3.05, 3.63) is 11.4 Å². The molecule has 0 saturated carbocycles. The van der Waals surface area contributed by atoms with Crippen LogP contribution in [0.15, 0.2) is 11.4 Å². The molecule has 0 heterocycles. The topological polar surface area (TPSA) is 0 Å². The summed E-state index contributed by atoms with van der Waals surface area (Å²) in [5.74, 6) is 0.333. The van der Waals surface area contributed by atoms with E-state index in [1.54, 1.807) is 0 Å². The van der Waals surface area contributed by atoms with E-state index in [1.807, 2.05) is 13.8 Å². The Morgan fingerprint density at radius 3 is 2.38 bits per heavy atom. The Morgan fingerprint density at radius 1 is 1.62 bits per heavy atom. The van der Waals surface area contributed by atoms with Crippen molar-refractivity contribution in [1.82, 2.24) is 0 Å². The smallest absolute Gasteiger partial charge is 0.102 e. The molecule has 1 aliphatic rings. The lowest BCUT2D eigenvalue weighted by molar-refractivity contribution is 0.504. The summed E-state index contributed by atoms with van der Waals surface area (Å²) < 4.78 is 12.6. The molecule has 0 aromatic rings. The third kappa shape index (κ3) is 0.770. The Labute approximate surface area is 49.4 Å². The van der Waals surface area contributed by atoms with Gasteiger partial charge in [-0.05, 0) is 25.3 Å². The van der Waals surface area contributed by atoms with Crippen LogP contribution in [0.25, 0.3) is 0 Å². The van der Waals surface area contributed by atoms with Gasteiger partial charge in [-0.2, -0.15) is 0 Å². The van der Waals surface area contributed by atoms with Crippen LogP contribution in [0.5, 0.6) is 0 Å². The highest BCUT2D eigenvalue weighted by molar-refractivity contribution is 5.13. The van der Waals surface area contributed by atoms with Gasteiger partial charge in [-0.15, -0.1) is 0 Å². The summed E-state index contributed by atoms with van der Waals surface area (Å²) in [7, 11) is 0. The molecule has 0 N–H and O–H groups in total. The molecule has 0 spiro atoms. The standard InChI is InChI=1S/C7H11F/c1-5-3-4-6(2)7(5)8/h5H,3-4H2,1-2H3. The van der Waals surface area contributed by atoms with Crippen LogP contribution >= 0.6 is 0 Å². The monoisotopic (exact) mass is 114 g/mol. The van der Waals surface area contributed by atoms with Gasteiger partial charge in [-0.3, -0.25) is 0 Å². The molecule has 1 aliphatic carbocycles. The molecule has 0 bridgehead atoms. The largest absolute Gasteiger partial charge is 0.212 e. The van der Waals surface area contributed by atoms with Crippen molar-refractivity contribution < 1.29 is 4.39 Å². The highest BCUT2D eigenvalue weighted by atomic mass is 19.1. The van der Waals surface area contributed by atoms with E-state index in [-0.39, 0.29) is 11.7 Å². The molecular formula is C7H11F. The van der Waals surface area contributed by atoms with Crippen molar-refractivity contribution in [2.45, 2.75) is 26.7 Å². The first-order valence-corrected chi connectivity index (χ1v) is 3.07. The number of halogens is 1. The molecule has 0 saturated heterocycles. The molecule has 0 aromatic carbocycles. The van der Waals surface area contributed by atoms with E-state index in [2.05, 4.69) is 0 Å². The van der Waals surface area contributed by atoms with Crippen molar-refractivity contribution in [2.24, 2.45) is 5.92 Å². The molecule has 8 heavy (non-hydrogen) atoms. The molecule has 1 rings (SSSR count). The minimum absolute atomic E-state index is 0.130. The van der Waals surface area contributed by atoms with Crippen molar-refractivity contribution in [1.29, 1.82) is 0 Å². The van der Waals surface area contributed by atoms with Crippen molar-refractivity contribution in [3.63, 3.8) is 0 Å². The molecule has 0 radical (unpaired) electrons. The van der Waals surface area contributed by atoms with Crippen LogP contribution in [0.1, 0.15) is 26.7 Å². The summed E-state index contributed by atoms with van der Waals surface area (Å²) in [5.41, 5.74) is 0.956. The summed E-state index contributed by atoms with van der Waals surface area (Å²) in [5, 5.41) is 0. The van der Waals surface area contributed by atoms with Gasteiger partial charge in [0.2, 0.25) is 0 Å². The van der Waals surface area contributed by atoms with Crippen LogP contribution in [0.3, 0.4) is 0 Å². The van der Waals surface area contributed by atoms with Gasteiger partial charge in [0.25, 0.3) is 0 Å². The van der Waals surface area contributed by atoms with E-state index in [0.29, 0.717) is 0 Å². The van der Waals surface area contributed by atoms with Gasteiger partial charge in [-0.25, -0.2) is 4.39 Å². The average Bonchev–Trinajstić information content (AvgIpc) is 1.98. The lowest BCUT2D eigenvalue weighted by atomic mass is 10.1. The van der Waals surface area contributed by atoms with Gasteiger partial charge < -0.3 is 0 Å². The molecule has 46 valence electrons. The minimum Gasteiger partial charge on any atom is -0.212 e. The van der Waals surface area contributed by atoms with Crippen LogP contribution in [-0.4, -0.2) is 0 Å². The zero-order valence-corrected chi connectivity index (χ0v) is 5.37. The van der Waals surface area contributed by atoms with Gasteiger partial charge in [0.15, 0.2) is 0 Å². The van der Waals surface area contributed by atoms with E-state index >= 15 is 0 Å². The Balaban J connectivity index is 2.71. The fourth-order valence-electron chi connectivity index (χ4n) is 1.10. The quantitative estimate of drug-likeness (QED) is 0.454. The van der Waals surface area contributed by atoms with Crippen LogP contribution < -0.4 is 0 Å². The van der Waals surface area contributed by atoms with E-state index < -0.39 is 0 Å². The maximum atomic E-state index is 12.6. The molecule has 1 atom stereocenters. The molecule has 0 aromatic heterocycles. The Hall–Kier alpha value is -0.330. The first kappa shape index (κ1) is 5.80. The first-order valence-electron chi connectivity index (χ1n) is 3.07. The maximum Gasteiger partial charge on any atom is 0.102 e. The van der Waals surface area contributed by atoms with E-state index in [0.717, 1.165) is 18.4 Å². The summed E-state index contributed by atoms with van der Waals surface area (Å²) in [6, 6.07) is 0. The van der Waals surface area contributed by atoms with Crippen LogP contribution in [-0.2, 0) is 0 Å². The van der Waals surface area contributed by atoms with Gasteiger partial charge in [0, 0.05) is 5.92 Å². The van der Waals surface area contributed by atoms with E-state index in [1.165, 1.54) is 0 Å². The van der Waals surface area contributed by atoms with Crippen molar-refractivity contribution >= 4 is 0 Å². The fourth-order valence-corrected chi connectivity index (χ4v) is 1.10. The van der Waals surface area contributed by atoms with Gasteiger partial charge in [-0.1, -0.05) is 6.92 Å². The van der Waals surface area contributed by atoms with Crippen LogP contribution in [0, 0.1) is 5.92 Å². The molecule has 1 unspecified atom stereocenters. The van der Waals surface area contributed by atoms with Crippen LogP contribution in [0.2, 0.25) is 0 Å². The Morgan fingerprint density at radius 2 is 2.25 bits per heavy atom.